The minimum atomic E-state index is -3.79. The number of halogens is 1. The Bertz CT molecular complexity index is 1510. The third-order valence-corrected chi connectivity index (χ3v) is 8.23. The minimum absolute atomic E-state index is 0.0597. The minimum Gasteiger partial charge on any atom is -0.380 e. The van der Waals surface area contributed by atoms with E-state index in [9.17, 15) is 17.6 Å². The number of nitrogens with zero attached hydrogens (tertiary/aromatic N) is 3. The summed E-state index contributed by atoms with van der Waals surface area (Å²) in [7, 11) is -2.32. The fourth-order valence-corrected chi connectivity index (χ4v) is 5.78. The average molecular weight is 514 g/mol. The van der Waals surface area contributed by atoms with Crippen LogP contribution in [0, 0.1) is 5.82 Å². The van der Waals surface area contributed by atoms with E-state index in [4.69, 9.17) is 4.74 Å². The van der Waals surface area contributed by atoms with Crippen LogP contribution in [0.3, 0.4) is 0 Å². The number of carbonyl (C=O) groups excluding carboxylic acids is 1. The van der Waals surface area contributed by atoms with Crippen molar-refractivity contribution in [1.82, 2.24) is 4.57 Å². The number of benzene rings is 3. The molecule has 0 atom stereocenters. The molecule has 1 amide bonds. The number of rotatable bonds is 8. The summed E-state index contributed by atoms with van der Waals surface area (Å²) in [4.78, 5) is 17.6. The quantitative estimate of drug-likeness (QED) is 0.326. The molecule has 10 heteroatoms. The predicted octanol–water partition coefficient (Wildman–Crippen LogP) is 4.44. The highest BCUT2D eigenvalue weighted by Gasteiger charge is 2.21. The van der Waals surface area contributed by atoms with Gasteiger partial charge >= 0.3 is 0 Å². The van der Waals surface area contributed by atoms with Crippen LogP contribution < -0.4 is 9.11 Å². The number of thiazole rings is 1. The number of ether oxygens (including phenoxy) is 1. The van der Waals surface area contributed by atoms with Crippen LogP contribution in [0.4, 0.5) is 10.1 Å². The maximum Gasteiger partial charge on any atom is 0.279 e. The molecule has 0 spiro atoms. The van der Waals surface area contributed by atoms with Crippen LogP contribution in [0.25, 0.3) is 10.2 Å². The molecule has 0 saturated heterocycles. The standard InChI is InChI=1S/C25H24FN3O4S2/c1-3-33-16-15-29-22-14-11-19(26)17-23(22)34-25(29)27-24(30)18-9-12-21(13-10-18)35(31,32)28(2)20-7-5-4-6-8-20/h4-14,17H,3,15-16H2,1-2H3. The van der Waals surface area contributed by atoms with Crippen molar-refractivity contribution in [1.29, 1.82) is 0 Å². The summed E-state index contributed by atoms with van der Waals surface area (Å²) >= 11 is 1.21. The van der Waals surface area contributed by atoms with Crippen molar-refractivity contribution in [3.8, 4) is 0 Å². The Hall–Kier alpha value is -3.34. The lowest BCUT2D eigenvalue weighted by Gasteiger charge is -2.19. The van der Waals surface area contributed by atoms with Gasteiger partial charge in [0.25, 0.3) is 15.9 Å². The summed E-state index contributed by atoms with van der Waals surface area (Å²) in [5.41, 5.74) is 1.53. The fourth-order valence-electron chi connectivity index (χ4n) is 3.50. The van der Waals surface area contributed by atoms with E-state index in [0.29, 0.717) is 34.9 Å². The van der Waals surface area contributed by atoms with Gasteiger partial charge in [-0.05, 0) is 61.5 Å². The molecule has 0 unspecified atom stereocenters. The second-order valence-electron chi connectivity index (χ2n) is 7.59. The number of anilines is 1. The molecule has 4 rings (SSSR count). The van der Waals surface area contributed by atoms with Gasteiger partial charge in [-0.15, -0.1) is 0 Å². The Morgan fingerprint density at radius 3 is 2.49 bits per heavy atom. The smallest absolute Gasteiger partial charge is 0.279 e. The summed E-state index contributed by atoms with van der Waals surface area (Å²) in [5.74, 6) is -0.895. The first-order chi connectivity index (χ1) is 16.8. The highest BCUT2D eigenvalue weighted by Crippen LogP contribution is 2.22. The summed E-state index contributed by atoms with van der Waals surface area (Å²) in [6, 6.07) is 18.8. The van der Waals surface area contributed by atoms with E-state index in [2.05, 4.69) is 4.99 Å². The van der Waals surface area contributed by atoms with Gasteiger partial charge in [-0.3, -0.25) is 9.10 Å². The molecular weight excluding hydrogens is 489 g/mol. The number of hydrogen-bond donors (Lipinski definition) is 0. The molecule has 4 aromatic rings. The molecule has 1 aromatic heterocycles. The summed E-state index contributed by atoms with van der Waals surface area (Å²) in [5, 5.41) is 0. The molecule has 0 aliphatic carbocycles. The maximum absolute atomic E-state index is 13.7. The summed E-state index contributed by atoms with van der Waals surface area (Å²) < 4.78 is 48.8. The van der Waals surface area contributed by atoms with Gasteiger partial charge in [-0.25, -0.2) is 12.8 Å². The zero-order valence-corrected chi connectivity index (χ0v) is 20.9. The van der Waals surface area contributed by atoms with Crippen molar-refractivity contribution in [2.45, 2.75) is 18.4 Å². The Morgan fingerprint density at radius 2 is 1.80 bits per heavy atom. The second kappa shape index (κ2) is 10.5. The molecule has 35 heavy (non-hydrogen) atoms. The van der Waals surface area contributed by atoms with Crippen LogP contribution in [0.2, 0.25) is 0 Å². The molecule has 7 nitrogen and oxygen atoms in total. The maximum atomic E-state index is 13.7. The molecule has 0 saturated carbocycles. The number of hydrogen-bond acceptors (Lipinski definition) is 5. The van der Waals surface area contributed by atoms with Gasteiger partial charge in [0.05, 0.1) is 27.4 Å². The zero-order chi connectivity index (χ0) is 25.0. The van der Waals surface area contributed by atoms with Gasteiger partial charge in [-0.2, -0.15) is 4.99 Å². The van der Waals surface area contributed by atoms with Gasteiger partial charge in [0.15, 0.2) is 4.80 Å². The van der Waals surface area contributed by atoms with Gasteiger partial charge in [0.2, 0.25) is 0 Å². The Kier molecular flexibility index (Phi) is 7.44. The average Bonchev–Trinajstić information content (AvgIpc) is 3.20. The number of amides is 1. The van der Waals surface area contributed by atoms with Crippen LogP contribution in [-0.2, 0) is 21.3 Å². The molecule has 0 N–H and O–H groups in total. The van der Waals surface area contributed by atoms with Gasteiger partial charge in [-0.1, -0.05) is 29.5 Å². The van der Waals surface area contributed by atoms with E-state index in [1.807, 2.05) is 17.6 Å². The first kappa shape index (κ1) is 24.8. The van der Waals surface area contributed by atoms with Crippen LogP contribution in [0.15, 0.2) is 82.7 Å². The normalized spacial score (nSPS) is 12.3. The van der Waals surface area contributed by atoms with Crippen LogP contribution in [-0.4, -0.2) is 39.2 Å². The zero-order valence-electron chi connectivity index (χ0n) is 19.2. The highest BCUT2D eigenvalue weighted by atomic mass is 32.2. The van der Waals surface area contributed by atoms with Crippen molar-refractivity contribution >= 4 is 43.2 Å². The number of para-hydroxylation sites is 1. The topological polar surface area (TPSA) is 81.0 Å². The lowest BCUT2D eigenvalue weighted by atomic mass is 10.2. The lowest BCUT2D eigenvalue weighted by molar-refractivity contribution is 0.0996. The highest BCUT2D eigenvalue weighted by molar-refractivity contribution is 7.92. The molecule has 1 heterocycles. The van der Waals surface area contributed by atoms with E-state index in [1.165, 1.54) is 59.1 Å². The molecule has 182 valence electrons. The predicted molar refractivity (Wildman–Crippen MR) is 135 cm³/mol. The van der Waals surface area contributed by atoms with E-state index < -0.39 is 15.9 Å². The van der Waals surface area contributed by atoms with E-state index in [1.54, 1.807) is 30.3 Å². The third-order valence-electron chi connectivity index (χ3n) is 5.38. The SMILES string of the molecule is CCOCCn1c(=NC(=O)c2ccc(S(=O)(=O)N(C)c3ccccc3)cc2)sc2cc(F)ccc21. The van der Waals surface area contributed by atoms with E-state index in [0.717, 1.165) is 5.52 Å². The molecular formula is C25H24FN3O4S2. The Balaban J connectivity index is 1.64. The van der Waals surface area contributed by atoms with Crippen molar-refractivity contribution in [3.05, 3.63) is 89.0 Å². The van der Waals surface area contributed by atoms with Crippen molar-refractivity contribution in [3.63, 3.8) is 0 Å². The Labute approximate surface area is 206 Å². The number of sulfonamides is 1. The number of carbonyl (C=O) groups is 1. The second-order valence-corrected chi connectivity index (χ2v) is 10.6. The van der Waals surface area contributed by atoms with Crippen molar-refractivity contribution in [2.24, 2.45) is 4.99 Å². The molecule has 0 aliphatic heterocycles. The van der Waals surface area contributed by atoms with Gasteiger partial charge in [0, 0.05) is 25.8 Å². The third kappa shape index (κ3) is 5.34. The van der Waals surface area contributed by atoms with E-state index >= 15 is 0 Å². The van der Waals surface area contributed by atoms with Crippen LogP contribution >= 0.6 is 11.3 Å². The fraction of sp³-hybridized carbons (Fsp3) is 0.200. The van der Waals surface area contributed by atoms with Crippen LogP contribution in [0.5, 0.6) is 0 Å². The van der Waals surface area contributed by atoms with Crippen molar-refractivity contribution < 1.29 is 22.3 Å². The van der Waals surface area contributed by atoms with Crippen LogP contribution in [0.1, 0.15) is 17.3 Å². The lowest BCUT2D eigenvalue weighted by Crippen LogP contribution is -2.26. The molecule has 3 aromatic carbocycles. The first-order valence-electron chi connectivity index (χ1n) is 10.9. The van der Waals surface area contributed by atoms with Crippen molar-refractivity contribution in [2.75, 3.05) is 24.6 Å². The molecule has 0 fully saturated rings. The molecule has 0 aliphatic rings. The monoisotopic (exact) mass is 513 g/mol. The van der Waals surface area contributed by atoms with Gasteiger partial charge in [0.1, 0.15) is 5.82 Å². The Morgan fingerprint density at radius 1 is 1.09 bits per heavy atom. The largest absolute Gasteiger partial charge is 0.380 e. The number of fused-ring (bicyclic) bond motifs is 1. The van der Waals surface area contributed by atoms with E-state index in [-0.39, 0.29) is 16.3 Å². The summed E-state index contributed by atoms with van der Waals surface area (Å²) in [6.07, 6.45) is 0. The summed E-state index contributed by atoms with van der Waals surface area (Å²) in [6.45, 7) is 3.32. The molecule has 0 radical (unpaired) electrons. The number of aromatic nitrogens is 1. The first-order valence-corrected chi connectivity index (χ1v) is 13.2. The molecule has 0 bridgehead atoms. The van der Waals surface area contributed by atoms with Gasteiger partial charge < -0.3 is 9.30 Å².